The van der Waals surface area contributed by atoms with Crippen molar-refractivity contribution in [2.24, 2.45) is 0 Å². The fourth-order valence-electron chi connectivity index (χ4n) is 3.50. The fraction of sp³-hybridized carbons (Fsp3) is 0.300. The molecule has 0 saturated heterocycles. The smallest absolute Gasteiger partial charge is 0.259 e. The lowest BCUT2D eigenvalue weighted by Crippen LogP contribution is -2.35. The number of nitrogens with one attached hydrogen (secondary N) is 1. The van der Waals surface area contributed by atoms with Crippen LogP contribution in [-0.2, 0) is 0 Å². The number of nitrogens with two attached hydrogens (primary N) is 1. The molecule has 1 unspecified atom stereocenters. The summed E-state index contributed by atoms with van der Waals surface area (Å²) in [5, 5.41) is 16.6. The molecule has 2 aromatic heterocycles. The molecule has 0 spiro atoms. The molecule has 2 bridgehead atoms. The van der Waals surface area contributed by atoms with Gasteiger partial charge in [-0.05, 0) is 39.0 Å². The van der Waals surface area contributed by atoms with E-state index in [2.05, 4.69) is 15.4 Å². The Labute approximate surface area is 171 Å². The van der Waals surface area contributed by atoms with E-state index in [9.17, 15) is 14.4 Å². The number of carbonyl (C=O) groups is 1. The van der Waals surface area contributed by atoms with Crippen molar-refractivity contribution in [1.82, 2.24) is 19.9 Å². The number of aromatic nitrogens is 3. The van der Waals surface area contributed by atoms with Gasteiger partial charge in [0.2, 0.25) is 0 Å². The van der Waals surface area contributed by atoms with Crippen LogP contribution in [0.3, 0.4) is 0 Å². The topological polar surface area (TPSA) is 122 Å². The summed E-state index contributed by atoms with van der Waals surface area (Å²) in [4.78, 5) is 19.0. The van der Waals surface area contributed by atoms with Crippen molar-refractivity contribution in [3.63, 3.8) is 0 Å². The minimum atomic E-state index is -0.658. The average Bonchev–Trinajstić information content (AvgIpc) is 3.02. The second-order valence-corrected chi connectivity index (χ2v) is 7.30. The number of hydrogen-bond donors (Lipinski definition) is 2. The number of carbonyl (C=O) groups excluding carboxylic acids is 1. The Morgan fingerprint density at radius 2 is 2.17 bits per heavy atom. The summed E-state index contributed by atoms with van der Waals surface area (Å²) in [6, 6.07) is 6.06. The van der Waals surface area contributed by atoms with E-state index in [1.54, 1.807) is 24.1 Å². The van der Waals surface area contributed by atoms with E-state index in [-0.39, 0.29) is 40.9 Å². The molecular formula is C20H20FN7O2. The number of amides is 1. The Morgan fingerprint density at radius 1 is 1.40 bits per heavy atom. The quantitative estimate of drug-likeness (QED) is 0.633. The van der Waals surface area contributed by atoms with Crippen molar-refractivity contribution < 1.29 is 13.9 Å². The minimum Gasteiger partial charge on any atom is -0.487 e. The zero-order chi connectivity index (χ0) is 21.6. The number of fused-ring (bicyclic) bond motifs is 2. The van der Waals surface area contributed by atoms with Crippen LogP contribution in [0.1, 0.15) is 36.7 Å². The highest BCUT2D eigenvalue weighted by molar-refractivity contribution is 6.04. The Hall–Kier alpha value is -3.87. The lowest BCUT2D eigenvalue weighted by molar-refractivity contribution is 0.0934. The summed E-state index contributed by atoms with van der Waals surface area (Å²) in [6.45, 7) is 5.69. The van der Waals surface area contributed by atoms with Crippen LogP contribution in [-0.4, -0.2) is 39.2 Å². The molecule has 3 heterocycles. The van der Waals surface area contributed by atoms with E-state index < -0.39 is 17.8 Å². The molecule has 0 radical (unpaired) electrons. The highest BCUT2D eigenvalue weighted by Gasteiger charge is 2.28. The van der Waals surface area contributed by atoms with Gasteiger partial charge in [0, 0.05) is 12.2 Å². The van der Waals surface area contributed by atoms with Crippen LogP contribution in [0.25, 0.3) is 5.65 Å². The monoisotopic (exact) mass is 409 g/mol. The standard InChI is InChI=1S/C20H20FN7O2/c1-10(2)28-15-6-7-27-19(25-15)16(18(23)26-27)20(29)24-9-11(3)30-14-5-4-13(21)12(8-22)17(14)28/h4-7,10-11H,9H2,1-3H3,(H2,23,26)(H,24,29). The SMILES string of the molecule is CC1CNC(=O)c2c(N)nn3ccc(nc23)N(C(C)C)c2c(ccc(F)c2C#N)O1. The normalized spacial score (nSPS) is 16.5. The lowest BCUT2D eigenvalue weighted by atomic mass is 10.1. The molecule has 0 fully saturated rings. The van der Waals surface area contributed by atoms with Gasteiger partial charge in [-0.1, -0.05) is 0 Å². The zero-order valence-electron chi connectivity index (χ0n) is 16.7. The first kappa shape index (κ1) is 19.4. The lowest BCUT2D eigenvalue weighted by Gasteiger charge is -2.31. The summed E-state index contributed by atoms with van der Waals surface area (Å²) >= 11 is 0. The van der Waals surface area contributed by atoms with Crippen molar-refractivity contribution in [1.29, 1.82) is 5.26 Å². The fourth-order valence-corrected chi connectivity index (χ4v) is 3.50. The van der Waals surface area contributed by atoms with Crippen molar-refractivity contribution in [3.8, 4) is 11.8 Å². The van der Waals surface area contributed by atoms with Gasteiger partial charge in [0.05, 0.1) is 6.54 Å². The molecule has 1 atom stereocenters. The number of nitriles is 1. The van der Waals surface area contributed by atoms with Crippen LogP contribution in [0.5, 0.6) is 5.75 Å². The van der Waals surface area contributed by atoms with E-state index in [1.807, 2.05) is 19.9 Å². The van der Waals surface area contributed by atoms with Gasteiger partial charge in [-0.2, -0.15) is 5.26 Å². The molecule has 1 aliphatic heterocycles. The summed E-state index contributed by atoms with van der Waals surface area (Å²) in [7, 11) is 0. The Morgan fingerprint density at radius 3 is 2.87 bits per heavy atom. The third-order valence-corrected chi connectivity index (χ3v) is 4.81. The Balaban J connectivity index is 2.07. The van der Waals surface area contributed by atoms with Gasteiger partial charge < -0.3 is 20.7 Å². The number of hydrogen-bond acceptors (Lipinski definition) is 7. The van der Waals surface area contributed by atoms with E-state index in [0.717, 1.165) is 0 Å². The molecule has 30 heavy (non-hydrogen) atoms. The van der Waals surface area contributed by atoms with Crippen LogP contribution in [0.15, 0.2) is 24.4 Å². The van der Waals surface area contributed by atoms with Gasteiger partial charge in [-0.25, -0.2) is 13.9 Å². The average molecular weight is 409 g/mol. The maximum Gasteiger partial charge on any atom is 0.259 e. The van der Waals surface area contributed by atoms with Crippen molar-refractivity contribution in [3.05, 3.63) is 41.3 Å². The number of benzene rings is 1. The highest BCUT2D eigenvalue weighted by Crippen LogP contribution is 2.40. The molecular weight excluding hydrogens is 389 g/mol. The zero-order valence-corrected chi connectivity index (χ0v) is 16.7. The summed E-state index contributed by atoms with van der Waals surface area (Å²) < 4.78 is 22.0. The van der Waals surface area contributed by atoms with E-state index >= 15 is 0 Å². The second-order valence-electron chi connectivity index (χ2n) is 7.30. The molecule has 3 aromatic rings. The van der Waals surface area contributed by atoms with Crippen LogP contribution >= 0.6 is 0 Å². The minimum absolute atomic E-state index is 0.0445. The molecule has 0 aliphatic carbocycles. The number of anilines is 3. The molecule has 1 aliphatic rings. The second kappa shape index (κ2) is 7.18. The predicted octanol–water partition coefficient (Wildman–Crippen LogP) is 2.38. The number of halogens is 1. The van der Waals surface area contributed by atoms with Gasteiger partial charge in [-0.3, -0.25) is 4.79 Å². The molecule has 9 nitrogen and oxygen atoms in total. The van der Waals surface area contributed by atoms with Crippen LogP contribution in [0.4, 0.5) is 21.7 Å². The van der Waals surface area contributed by atoms with E-state index in [1.165, 1.54) is 16.6 Å². The number of nitrogen functional groups attached to an aromatic ring is 1. The highest BCUT2D eigenvalue weighted by atomic mass is 19.1. The third-order valence-electron chi connectivity index (χ3n) is 4.81. The Kier molecular flexibility index (Phi) is 4.66. The molecule has 1 aromatic carbocycles. The maximum atomic E-state index is 14.6. The Bertz CT molecular complexity index is 1200. The molecule has 1 amide bonds. The number of rotatable bonds is 1. The van der Waals surface area contributed by atoms with E-state index in [4.69, 9.17) is 10.5 Å². The summed E-state index contributed by atoms with van der Waals surface area (Å²) in [5.41, 5.74) is 6.50. The summed E-state index contributed by atoms with van der Waals surface area (Å²) in [6.07, 6.45) is 1.15. The van der Waals surface area contributed by atoms with Gasteiger partial charge in [0.1, 0.15) is 46.4 Å². The van der Waals surface area contributed by atoms with Crippen LogP contribution in [0.2, 0.25) is 0 Å². The van der Waals surface area contributed by atoms with Crippen molar-refractivity contribution in [2.75, 3.05) is 17.2 Å². The molecule has 4 rings (SSSR count). The van der Waals surface area contributed by atoms with Crippen LogP contribution in [0, 0.1) is 17.1 Å². The first-order valence-electron chi connectivity index (χ1n) is 9.43. The van der Waals surface area contributed by atoms with E-state index in [0.29, 0.717) is 11.6 Å². The third kappa shape index (κ3) is 3.04. The summed E-state index contributed by atoms with van der Waals surface area (Å²) in [5.74, 6) is -0.321. The molecule has 3 N–H and O–H groups in total. The van der Waals surface area contributed by atoms with Crippen molar-refractivity contribution >= 4 is 28.9 Å². The first-order valence-corrected chi connectivity index (χ1v) is 9.43. The number of ether oxygens (including phenoxy) is 1. The molecule has 154 valence electrons. The largest absolute Gasteiger partial charge is 0.487 e. The molecule has 0 saturated carbocycles. The van der Waals surface area contributed by atoms with Crippen LogP contribution < -0.4 is 20.7 Å². The predicted molar refractivity (Wildman–Crippen MR) is 108 cm³/mol. The van der Waals surface area contributed by atoms with Gasteiger partial charge in [0.25, 0.3) is 5.91 Å². The van der Waals surface area contributed by atoms with Gasteiger partial charge in [-0.15, -0.1) is 5.10 Å². The van der Waals surface area contributed by atoms with Crippen molar-refractivity contribution in [2.45, 2.75) is 32.9 Å². The van der Waals surface area contributed by atoms with Gasteiger partial charge in [0.15, 0.2) is 11.5 Å². The number of nitrogens with zero attached hydrogens (tertiary/aromatic N) is 5. The first-order chi connectivity index (χ1) is 14.3. The van der Waals surface area contributed by atoms with Gasteiger partial charge >= 0.3 is 0 Å². The maximum absolute atomic E-state index is 14.6. The molecule has 10 heteroatoms.